The number of aromatic nitrogens is 4. The van der Waals surface area contributed by atoms with E-state index in [9.17, 15) is 4.79 Å². The molecule has 2 aromatic heterocycles. The molecule has 0 saturated heterocycles. The van der Waals surface area contributed by atoms with Crippen molar-refractivity contribution in [2.45, 2.75) is 23.9 Å². The number of carbonyl (C=O) groups excluding carboxylic acids is 1. The summed E-state index contributed by atoms with van der Waals surface area (Å²) in [5.74, 6) is 0.777. The summed E-state index contributed by atoms with van der Waals surface area (Å²) in [6.07, 6.45) is 0. The molecule has 2 heterocycles. The van der Waals surface area contributed by atoms with E-state index < -0.39 is 5.25 Å². The van der Waals surface area contributed by atoms with Gasteiger partial charge in [-0.25, -0.2) is 4.98 Å². The fourth-order valence-electron chi connectivity index (χ4n) is 4.21. The minimum absolute atomic E-state index is 0.0131. The lowest BCUT2D eigenvalue weighted by molar-refractivity contribution is -0.128. The SMILES string of the molecule is CCn1c(SC(C(=O)N(C)C)c2ccccc2)nnc1-c1cc(-c2ccccc2)nc2ccccc12. The van der Waals surface area contributed by atoms with Gasteiger partial charge in [-0.05, 0) is 24.6 Å². The van der Waals surface area contributed by atoms with Crippen molar-refractivity contribution >= 4 is 28.6 Å². The minimum atomic E-state index is -0.419. The number of hydrogen-bond donors (Lipinski definition) is 0. The van der Waals surface area contributed by atoms with E-state index in [1.807, 2.05) is 66.7 Å². The van der Waals surface area contributed by atoms with Crippen molar-refractivity contribution in [2.24, 2.45) is 0 Å². The van der Waals surface area contributed by atoms with Gasteiger partial charge in [-0.1, -0.05) is 90.6 Å². The van der Waals surface area contributed by atoms with Crippen LogP contribution in [0.5, 0.6) is 0 Å². The first-order chi connectivity index (χ1) is 17.6. The molecule has 1 amide bonds. The van der Waals surface area contributed by atoms with Crippen LogP contribution >= 0.6 is 11.8 Å². The lowest BCUT2D eigenvalue weighted by atomic mass is 10.0. The summed E-state index contributed by atoms with van der Waals surface area (Å²) in [5.41, 5.74) is 4.74. The van der Waals surface area contributed by atoms with E-state index in [4.69, 9.17) is 4.98 Å². The fraction of sp³-hybridized carbons (Fsp3) is 0.172. The summed E-state index contributed by atoms with van der Waals surface area (Å²) < 4.78 is 2.08. The van der Waals surface area contributed by atoms with Gasteiger partial charge in [0.05, 0.1) is 11.2 Å². The van der Waals surface area contributed by atoms with Gasteiger partial charge in [-0.3, -0.25) is 4.79 Å². The summed E-state index contributed by atoms with van der Waals surface area (Å²) >= 11 is 1.43. The van der Waals surface area contributed by atoms with E-state index >= 15 is 0 Å². The number of likely N-dealkylation sites (N-methyl/N-ethyl adjacent to an activating group) is 1. The molecule has 1 atom stereocenters. The lowest BCUT2D eigenvalue weighted by Gasteiger charge is -2.20. The number of pyridine rings is 1. The third-order valence-corrected chi connectivity index (χ3v) is 7.27. The van der Waals surface area contributed by atoms with E-state index in [0.29, 0.717) is 11.7 Å². The largest absolute Gasteiger partial charge is 0.348 e. The second kappa shape index (κ2) is 10.3. The van der Waals surface area contributed by atoms with Crippen molar-refractivity contribution < 1.29 is 4.79 Å². The van der Waals surface area contributed by atoms with Crippen LogP contribution in [-0.2, 0) is 11.3 Å². The number of fused-ring (bicyclic) bond motifs is 1. The molecule has 0 aliphatic heterocycles. The average Bonchev–Trinajstić information content (AvgIpc) is 3.34. The highest BCUT2D eigenvalue weighted by molar-refractivity contribution is 8.00. The van der Waals surface area contributed by atoms with Crippen molar-refractivity contribution in [3.8, 4) is 22.6 Å². The van der Waals surface area contributed by atoms with Crippen LogP contribution in [0, 0.1) is 0 Å². The monoisotopic (exact) mass is 493 g/mol. The molecule has 1 unspecified atom stereocenters. The van der Waals surface area contributed by atoms with Gasteiger partial charge >= 0.3 is 0 Å². The maximum absolute atomic E-state index is 13.1. The van der Waals surface area contributed by atoms with Gasteiger partial charge in [-0.2, -0.15) is 0 Å². The smallest absolute Gasteiger partial charge is 0.240 e. The molecule has 0 N–H and O–H groups in total. The van der Waals surface area contributed by atoms with Crippen molar-refractivity contribution in [3.05, 3.63) is 96.6 Å². The number of amides is 1. The van der Waals surface area contributed by atoms with Crippen LogP contribution in [0.3, 0.4) is 0 Å². The number of para-hydroxylation sites is 1. The topological polar surface area (TPSA) is 63.9 Å². The first-order valence-corrected chi connectivity index (χ1v) is 12.8. The molecule has 7 heteroatoms. The van der Waals surface area contributed by atoms with E-state index in [1.54, 1.807) is 19.0 Å². The van der Waals surface area contributed by atoms with Crippen LogP contribution in [0.4, 0.5) is 0 Å². The highest BCUT2D eigenvalue weighted by Crippen LogP contribution is 2.38. The molecule has 0 saturated carbocycles. The first kappa shape index (κ1) is 23.8. The van der Waals surface area contributed by atoms with E-state index in [0.717, 1.165) is 39.1 Å². The number of thioether (sulfide) groups is 1. The summed E-state index contributed by atoms with van der Waals surface area (Å²) in [5, 5.41) is 10.5. The minimum Gasteiger partial charge on any atom is -0.348 e. The van der Waals surface area contributed by atoms with Crippen LogP contribution in [-0.4, -0.2) is 44.7 Å². The van der Waals surface area contributed by atoms with Crippen molar-refractivity contribution in [1.82, 2.24) is 24.6 Å². The van der Waals surface area contributed by atoms with Crippen LogP contribution in [0.1, 0.15) is 17.7 Å². The Bertz CT molecular complexity index is 1500. The van der Waals surface area contributed by atoms with Crippen LogP contribution in [0.25, 0.3) is 33.5 Å². The fourth-order valence-corrected chi connectivity index (χ4v) is 5.45. The molecule has 0 bridgehead atoms. The molecule has 0 radical (unpaired) electrons. The molecule has 0 fully saturated rings. The maximum atomic E-state index is 13.1. The van der Waals surface area contributed by atoms with Gasteiger partial charge in [-0.15, -0.1) is 10.2 Å². The second-order valence-corrected chi connectivity index (χ2v) is 9.70. The second-order valence-electron chi connectivity index (χ2n) is 8.63. The van der Waals surface area contributed by atoms with Gasteiger partial charge in [0.25, 0.3) is 0 Å². The third kappa shape index (κ3) is 4.62. The quantitative estimate of drug-likeness (QED) is 0.256. The Morgan fingerprint density at radius 3 is 2.28 bits per heavy atom. The predicted molar refractivity (Wildman–Crippen MR) is 146 cm³/mol. The Balaban J connectivity index is 1.62. The summed E-state index contributed by atoms with van der Waals surface area (Å²) in [6.45, 7) is 2.74. The van der Waals surface area contributed by atoms with Crippen LogP contribution in [0.2, 0.25) is 0 Å². The van der Waals surface area contributed by atoms with Gasteiger partial charge < -0.3 is 9.47 Å². The number of carbonyl (C=O) groups is 1. The Morgan fingerprint density at radius 2 is 1.58 bits per heavy atom. The van der Waals surface area contributed by atoms with Crippen LogP contribution < -0.4 is 0 Å². The van der Waals surface area contributed by atoms with Crippen molar-refractivity contribution in [1.29, 1.82) is 0 Å². The Labute approximate surface area is 215 Å². The standard InChI is InChI=1S/C29H27N5OS/c1-4-34-27(31-32-29(34)36-26(28(35)33(2)3)21-15-9-6-10-16-21)23-19-25(20-13-7-5-8-14-20)30-24-18-12-11-17-22(23)24/h5-19,26H,4H2,1-3H3. The normalized spacial score (nSPS) is 12.0. The number of benzene rings is 3. The summed E-state index contributed by atoms with van der Waals surface area (Å²) in [6, 6.07) is 30.2. The third-order valence-electron chi connectivity index (χ3n) is 6.05. The lowest BCUT2D eigenvalue weighted by Crippen LogP contribution is -2.27. The molecular weight excluding hydrogens is 466 g/mol. The molecule has 0 aliphatic rings. The molecular formula is C29H27N5OS. The molecule has 0 aliphatic carbocycles. The number of hydrogen-bond acceptors (Lipinski definition) is 5. The predicted octanol–water partition coefficient (Wildman–Crippen LogP) is 6.10. The molecule has 6 nitrogen and oxygen atoms in total. The van der Waals surface area contributed by atoms with Crippen molar-refractivity contribution in [3.63, 3.8) is 0 Å². The molecule has 0 spiro atoms. The maximum Gasteiger partial charge on any atom is 0.240 e. The first-order valence-electron chi connectivity index (χ1n) is 11.9. The van der Waals surface area contributed by atoms with Crippen LogP contribution in [0.15, 0.2) is 96.2 Å². The molecule has 5 aromatic rings. The molecule has 180 valence electrons. The molecule has 5 rings (SSSR count). The Morgan fingerprint density at radius 1 is 0.917 bits per heavy atom. The zero-order chi connectivity index (χ0) is 25.1. The Hall–Kier alpha value is -3.97. The van der Waals surface area contributed by atoms with Gasteiger partial charge in [0.15, 0.2) is 11.0 Å². The van der Waals surface area contributed by atoms with E-state index in [-0.39, 0.29) is 5.91 Å². The van der Waals surface area contributed by atoms with Gasteiger partial charge in [0, 0.05) is 37.2 Å². The van der Waals surface area contributed by atoms with E-state index in [2.05, 4.69) is 46.0 Å². The molecule has 36 heavy (non-hydrogen) atoms. The Kier molecular flexibility index (Phi) is 6.82. The number of nitrogens with zero attached hydrogens (tertiary/aromatic N) is 5. The van der Waals surface area contributed by atoms with Gasteiger partial charge in [0.2, 0.25) is 5.91 Å². The van der Waals surface area contributed by atoms with E-state index in [1.165, 1.54) is 11.8 Å². The highest BCUT2D eigenvalue weighted by atomic mass is 32.2. The summed E-state index contributed by atoms with van der Waals surface area (Å²) in [7, 11) is 3.56. The highest BCUT2D eigenvalue weighted by Gasteiger charge is 2.27. The zero-order valence-electron chi connectivity index (χ0n) is 20.5. The van der Waals surface area contributed by atoms with Crippen molar-refractivity contribution in [2.75, 3.05) is 14.1 Å². The average molecular weight is 494 g/mol. The molecule has 3 aromatic carbocycles. The summed E-state index contributed by atoms with van der Waals surface area (Å²) in [4.78, 5) is 19.7. The zero-order valence-corrected chi connectivity index (χ0v) is 21.3. The van der Waals surface area contributed by atoms with Gasteiger partial charge in [0.1, 0.15) is 5.25 Å². The number of rotatable bonds is 7.